The summed E-state index contributed by atoms with van der Waals surface area (Å²) in [6.45, 7) is 6.10. The fraction of sp³-hybridized carbons (Fsp3) is 0.429. The molecule has 1 aromatic carbocycles. The van der Waals surface area contributed by atoms with Gasteiger partial charge in [-0.25, -0.2) is 0 Å². The number of hydrogen-bond donors (Lipinski definition) is 1. The predicted molar refractivity (Wildman–Crippen MR) is 109 cm³/mol. The van der Waals surface area contributed by atoms with E-state index in [9.17, 15) is 13.2 Å². The number of nitrogens with one attached hydrogen (secondary N) is 1. The lowest BCUT2D eigenvalue weighted by Gasteiger charge is -2.38. The molecule has 2 aromatic rings. The Balaban J connectivity index is 1.59. The second-order valence-corrected chi connectivity index (χ2v) is 6.83. The summed E-state index contributed by atoms with van der Waals surface area (Å²) >= 11 is 0. The van der Waals surface area contributed by atoms with E-state index in [-0.39, 0.29) is 0 Å². The highest BCUT2D eigenvalue weighted by atomic mass is 19.4. The first-order chi connectivity index (χ1) is 14.0. The minimum absolute atomic E-state index is 0.608. The molecule has 3 rings (SSSR count). The van der Waals surface area contributed by atoms with E-state index in [2.05, 4.69) is 15.2 Å². The summed E-state index contributed by atoms with van der Waals surface area (Å²) in [6, 6.07) is 11.4. The summed E-state index contributed by atoms with van der Waals surface area (Å²) in [5, 5.41) is 3.31. The molecule has 0 spiro atoms. The van der Waals surface area contributed by atoms with Crippen LogP contribution in [0.1, 0.15) is 18.2 Å². The average molecular weight is 405 g/mol. The van der Waals surface area contributed by atoms with Gasteiger partial charge in [-0.3, -0.25) is 9.98 Å². The van der Waals surface area contributed by atoms with Crippen LogP contribution in [0.3, 0.4) is 0 Å². The maximum atomic E-state index is 13.0. The lowest BCUT2D eigenvalue weighted by atomic mass is 10.1. The van der Waals surface area contributed by atoms with E-state index < -0.39 is 11.7 Å². The number of halogens is 3. The Morgan fingerprint density at radius 1 is 1.10 bits per heavy atom. The Kier molecular flexibility index (Phi) is 6.95. The van der Waals surface area contributed by atoms with Crippen molar-refractivity contribution in [3.05, 3.63) is 59.9 Å². The molecule has 0 amide bonds. The van der Waals surface area contributed by atoms with Crippen LogP contribution in [0.5, 0.6) is 0 Å². The molecular weight excluding hydrogens is 379 g/mol. The Morgan fingerprint density at radius 2 is 1.90 bits per heavy atom. The molecule has 2 heterocycles. The van der Waals surface area contributed by atoms with E-state index in [0.29, 0.717) is 38.4 Å². The van der Waals surface area contributed by atoms with Crippen molar-refractivity contribution in [2.75, 3.05) is 44.2 Å². The zero-order valence-corrected chi connectivity index (χ0v) is 16.5. The van der Waals surface area contributed by atoms with Crippen molar-refractivity contribution in [1.82, 2.24) is 15.2 Å². The fourth-order valence-electron chi connectivity index (χ4n) is 3.30. The van der Waals surface area contributed by atoms with Crippen LogP contribution in [0.25, 0.3) is 0 Å². The van der Waals surface area contributed by atoms with Gasteiger partial charge in [0, 0.05) is 63.3 Å². The second-order valence-electron chi connectivity index (χ2n) is 6.83. The van der Waals surface area contributed by atoms with Crippen molar-refractivity contribution in [3.8, 4) is 0 Å². The van der Waals surface area contributed by atoms with Gasteiger partial charge in [0.15, 0.2) is 5.96 Å². The van der Waals surface area contributed by atoms with Crippen LogP contribution >= 0.6 is 0 Å². The number of guanidine groups is 1. The van der Waals surface area contributed by atoms with Crippen molar-refractivity contribution >= 4 is 11.6 Å². The van der Waals surface area contributed by atoms with Crippen molar-refractivity contribution in [1.29, 1.82) is 0 Å². The maximum Gasteiger partial charge on any atom is 0.416 e. The highest BCUT2D eigenvalue weighted by Gasteiger charge is 2.31. The molecule has 1 N–H and O–H groups in total. The molecule has 0 bridgehead atoms. The molecule has 1 saturated heterocycles. The van der Waals surface area contributed by atoms with Gasteiger partial charge < -0.3 is 15.1 Å². The molecule has 5 nitrogen and oxygen atoms in total. The average Bonchev–Trinajstić information content (AvgIpc) is 2.73. The number of hydrogen-bond acceptors (Lipinski definition) is 3. The topological polar surface area (TPSA) is 43.8 Å². The smallest absolute Gasteiger partial charge is 0.368 e. The van der Waals surface area contributed by atoms with Gasteiger partial charge >= 0.3 is 6.18 Å². The predicted octanol–water partition coefficient (Wildman–Crippen LogP) is 3.43. The largest absolute Gasteiger partial charge is 0.416 e. The van der Waals surface area contributed by atoms with Crippen molar-refractivity contribution in [3.63, 3.8) is 0 Å². The third-order valence-corrected chi connectivity index (χ3v) is 4.81. The summed E-state index contributed by atoms with van der Waals surface area (Å²) < 4.78 is 38.9. The lowest BCUT2D eigenvalue weighted by Crippen LogP contribution is -2.52. The van der Waals surface area contributed by atoms with E-state index in [4.69, 9.17) is 4.99 Å². The minimum Gasteiger partial charge on any atom is -0.368 e. The van der Waals surface area contributed by atoms with E-state index in [1.54, 1.807) is 12.3 Å². The van der Waals surface area contributed by atoms with Gasteiger partial charge in [-0.05, 0) is 37.3 Å². The van der Waals surface area contributed by atoms with Gasteiger partial charge in [-0.2, -0.15) is 13.2 Å². The quantitative estimate of drug-likeness (QED) is 0.612. The lowest BCUT2D eigenvalue weighted by molar-refractivity contribution is -0.137. The molecule has 0 atom stereocenters. The summed E-state index contributed by atoms with van der Waals surface area (Å²) in [4.78, 5) is 13.2. The molecule has 156 valence electrons. The summed E-state index contributed by atoms with van der Waals surface area (Å²) in [6.07, 6.45) is -1.78. The molecule has 1 fully saturated rings. The zero-order valence-electron chi connectivity index (χ0n) is 16.5. The van der Waals surface area contributed by atoms with Gasteiger partial charge in [0.05, 0.1) is 5.56 Å². The van der Waals surface area contributed by atoms with Crippen LogP contribution in [0.4, 0.5) is 18.9 Å². The first kappa shape index (κ1) is 21.0. The normalized spacial score (nSPS) is 15.5. The van der Waals surface area contributed by atoms with Crippen LogP contribution in [-0.4, -0.2) is 55.1 Å². The first-order valence-electron chi connectivity index (χ1n) is 9.82. The summed E-state index contributed by atoms with van der Waals surface area (Å²) in [5.41, 5.74) is 1.000. The monoisotopic (exact) mass is 405 g/mol. The van der Waals surface area contributed by atoms with E-state index in [1.165, 1.54) is 12.1 Å². The molecular formula is C21H26F3N5. The minimum atomic E-state index is -4.32. The molecule has 1 aliphatic heterocycles. The highest BCUT2D eigenvalue weighted by Crippen LogP contribution is 2.31. The van der Waals surface area contributed by atoms with Crippen LogP contribution in [0.15, 0.2) is 53.7 Å². The molecule has 0 unspecified atom stereocenters. The van der Waals surface area contributed by atoms with Gasteiger partial charge in [-0.1, -0.05) is 12.1 Å². The van der Waals surface area contributed by atoms with E-state index in [0.717, 1.165) is 30.7 Å². The number of aromatic nitrogens is 1. The molecule has 0 radical (unpaired) electrons. The zero-order chi connectivity index (χ0) is 20.7. The molecule has 8 heteroatoms. The molecule has 1 aliphatic rings. The number of rotatable bonds is 5. The van der Waals surface area contributed by atoms with Crippen LogP contribution in [0, 0.1) is 0 Å². The van der Waals surface area contributed by atoms with Crippen molar-refractivity contribution < 1.29 is 13.2 Å². The number of pyridine rings is 1. The van der Waals surface area contributed by atoms with Gasteiger partial charge in [0.25, 0.3) is 0 Å². The summed E-state index contributed by atoms with van der Waals surface area (Å²) in [7, 11) is 0. The van der Waals surface area contributed by atoms with Crippen LogP contribution in [-0.2, 0) is 12.6 Å². The van der Waals surface area contributed by atoms with Crippen LogP contribution in [0.2, 0.25) is 0 Å². The Hall–Kier alpha value is -2.77. The molecule has 0 saturated carbocycles. The van der Waals surface area contributed by atoms with E-state index in [1.807, 2.05) is 30.0 Å². The van der Waals surface area contributed by atoms with E-state index >= 15 is 0 Å². The number of piperazine rings is 1. The second kappa shape index (κ2) is 9.62. The Bertz CT molecular complexity index is 799. The number of nitrogens with zero attached hydrogens (tertiary/aromatic N) is 4. The first-order valence-corrected chi connectivity index (χ1v) is 9.82. The highest BCUT2D eigenvalue weighted by molar-refractivity contribution is 5.80. The SMILES string of the molecule is CCNC(=NCCc1ccccn1)N1CCN(c2cccc(C(F)(F)F)c2)CC1. The van der Waals surface area contributed by atoms with Crippen molar-refractivity contribution in [2.45, 2.75) is 19.5 Å². The Morgan fingerprint density at radius 3 is 2.55 bits per heavy atom. The van der Waals surface area contributed by atoms with Gasteiger partial charge in [0.1, 0.15) is 0 Å². The van der Waals surface area contributed by atoms with Crippen molar-refractivity contribution in [2.24, 2.45) is 4.99 Å². The standard InChI is InChI=1S/C21H26F3N5/c1-2-25-20(27-11-9-18-7-3-4-10-26-18)29-14-12-28(13-15-29)19-8-5-6-17(16-19)21(22,23)24/h3-8,10,16H,2,9,11-15H2,1H3,(H,25,27). The third kappa shape index (κ3) is 5.85. The summed E-state index contributed by atoms with van der Waals surface area (Å²) in [5.74, 6) is 0.840. The number of anilines is 1. The maximum absolute atomic E-state index is 13.0. The molecule has 29 heavy (non-hydrogen) atoms. The number of alkyl halides is 3. The Labute approximate surface area is 169 Å². The van der Waals surface area contributed by atoms with Gasteiger partial charge in [0.2, 0.25) is 0 Å². The number of aliphatic imine (C=N–C) groups is 1. The molecule has 0 aliphatic carbocycles. The van der Waals surface area contributed by atoms with Gasteiger partial charge in [-0.15, -0.1) is 0 Å². The van der Waals surface area contributed by atoms with Crippen LogP contribution < -0.4 is 10.2 Å². The molecule has 1 aromatic heterocycles. The number of benzene rings is 1. The third-order valence-electron chi connectivity index (χ3n) is 4.81. The fourth-order valence-corrected chi connectivity index (χ4v) is 3.30.